The Kier molecular flexibility index (Phi) is 7.10. The van der Waals surface area contributed by atoms with Crippen LogP contribution in [-0.4, -0.2) is 60.1 Å². The fourth-order valence-corrected chi connectivity index (χ4v) is 1.57. The summed E-state index contributed by atoms with van der Waals surface area (Å²) >= 11 is 0. The number of alkyl halides is 22. The zero-order valence-corrected chi connectivity index (χ0v) is 13.7. The minimum absolute atomic E-state index is 0.777. The molecule has 0 rings (SSSR count). The average molecular weight is 554 g/mol. The quantitative estimate of drug-likeness (QED) is 0.318. The molecule has 0 heterocycles. The van der Waals surface area contributed by atoms with Crippen molar-refractivity contribution in [2.24, 2.45) is 0 Å². The predicted molar refractivity (Wildman–Crippen MR) is 52.8 cm³/mol. The summed E-state index contributed by atoms with van der Waals surface area (Å²) in [6.07, 6.45) is -33.4. The van der Waals surface area contributed by atoms with Crippen molar-refractivity contribution in [1.82, 2.24) is 0 Å². The Hall–Kier alpha value is -1.58. The maximum Gasteiger partial charge on any atom is 0.459 e. The first-order valence-electron chi connectivity index (χ1n) is 6.57. The molecule has 0 fully saturated rings. The van der Waals surface area contributed by atoms with Crippen molar-refractivity contribution in [3.05, 3.63) is 0 Å². The van der Waals surface area contributed by atoms with E-state index in [1.165, 1.54) is 0 Å². The maximum absolute atomic E-state index is 13.9. The number of hydrogen-bond acceptors (Lipinski definition) is 1. The highest BCUT2D eigenvalue weighted by molar-refractivity contribution is 5.11. The van der Waals surface area contributed by atoms with Crippen molar-refractivity contribution in [2.45, 2.75) is 60.1 Å². The lowest BCUT2D eigenvalue weighted by molar-refractivity contribution is -0.544. The molecule has 1 nitrogen and oxygen atoms in total. The molecule has 0 aromatic carbocycles. The molecular formula is C10F22O. The molecule has 0 bridgehead atoms. The standard InChI is InChI=1S/C10F22O/c11-1(12,7(21,22)23)5(19,2(13,14)8(24,25)26)33-6(20,3(15,16)9(27,28)29)4(17,18)10(30,31)32. The molecule has 33 heavy (non-hydrogen) atoms. The van der Waals surface area contributed by atoms with Gasteiger partial charge in [0.2, 0.25) is 0 Å². The Morgan fingerprint density at radius 3 is 0.455 bits per heavy atom. The summed E-state index contributed by atoms with van der Waals surface area (Å²) in [4.78, 5) is 0. The van der Waals surface area contributed by atoms with Gasteiger partial charge in [-0.05, 0) is 0 Å². The van der Waals surface area contributed by atoms with E-state index in [9.17, 15) is 96.6 Å². The summed E-state index contributed by atoms with van der Waals surface area (Å²) in [7, 11) is 0. The van der Waals surface area contributed by atoms with Gasteiger partial charge in [0.1, 0.15) is 0 Å². The van der Waals surface area contributed by atoms with Gasteiger partial charge in [0.15, 0.2) is 0 Å². The highest BCUT2D eigenvalue weighted by Crippen LogP contribution is 2.64. The first kappa shape index (κ1) is 31.4. The lowest BCUT2D eigenvalue weighted by atomic mass is 9.96. The van der Waals surface area contributed by atoms with E-state index in [1.54, 1.807) is 0 Å². The van der Waals surface area contributed by atoms with Gasteiger partial charge in [-0.1, -0.05) is 0 Å². The fourth-order valence-electron chi connectivity index (χ4n) is 1.57. The van der Waals surface area contributed by atoms with Gasteiger partial charge in [-0.15, -0.1) is 0 Å². The zero-order chi connectivity index (χ0) is 27.7. The second-order valence-corrected chi connectivity index (χ2v) is 5.58. The summed E-state index contributed by atoms with van der Waals surface area (Å²) in [6.45, 7) is 0. The molecule has 0 aliphatic heterocycles. The van der Waals surface area contributed by atoms with Crippen LogP contribution in [0, 0.1) is 0 Å². The van der Waals surface area contributed by atoms with E-state index in [2.05, 4.69) is 0 Å². The minimum atomic E-state index is -9.16. The molecule has 0 saturated heterocycles. The molecule has 0 radical (unpaired) electrons. The molecule has 0 atom stereocenters. The van der Waals surface area contributed by atoms with Crippen molar-refractivity contribution in [3.8, 4) is 0 Å². The number of ether oxygens (including phenoxy) is 1. The Bertz CT molecular complexity index is 589. The van der Waals surface area contributed by atoms with Crippen LogP contribution in [0.3, 0.4) is 0 Å². The molecule has 0 aliphatic carbocycles. The SMILES string of the molecule is FC(F)(F)C(F)(F)C(F)(OC(F)(C(F)(F)C(F)(F)F)C(F)(F)C(F)(F)F)C(F)(F)C(F)(F)F. The van der Waals surface area contributed by atoms with E-state index >= 15 is 0 Å². The van der Waals surface area contributed by atoms with Crippen molar-refractivity contribution >= 4 is 0 Å². The van der Waals surface area contributed by atoms with E-state index in [0.29, 0.717) is 0 Å². The molecule has 0 amide bonds. The van der Waals surface area contributed by atoms with Gasteiger partial charge in [-0.3, -0.25) is 4.74 Å². The summed E-state index contributed by atoms with van der Waals surface area (Å²) < 4.78 is 279. The topological polar surface area (TPSA) is 9.23 Å². The number of hydrogen-bond donors (Lipinski definition) is 0. The van der Waals surface area contributed by atoms with E-state index in [4.69, 9.17) is 0 Å². The highest BCUT2D eigenvalue weighted by atomic mass is 19.5. The number of halogens is 22. The van der Waals surface area contributed by atoms with Crippen molar-refractivity contribution in [3.63, 3.8) is 0 Å². The second kappa shape index (κ2) is 7.46. The Morgan fingerprint density at radius 1 is 0.242 bits per heavy atom. The average Bonchev–Trinajstić information content (AvgIpc) is 2.49. The van der Waals surface area contributed by atoms with Gasteiger partial charge < -0.3 is 0 Å². The van der Waals surface area contributed by atoms with Crippen molar-refractivity contribution < 1.29 is 101 Å². The molecule has 0 aromatic heterocycles. The molecule has 0 spiro atoms. The fraction of sp³-hybridized carbons (Fsp3) is 1.00. The van der Waals surface area contributed by atoms with Crippen LogP contribution in [0.5, 0.6) is 0 Å². The summed E-state index contributed by atoms with van der Waals surface area (Å²) in [5.74, 6) is -53.8. The lowest BCUT2D eigenvalue weighted by Gasteiger charge is -2.46. The van der Waals surface area contributed by atoms with Gasteiger partial charge >= 0.3 is 60.1 Å². The smallest absolute Gasteiger partial charge is 0.288 e. The molecular weight excluding hydrogens is 554 g/mol. The monoisotopic (exact) mass is 554 g/mol. The van der Waals surface area contributed by atoms with Gasteiger partial charge in [-0.25, -0.2) is 0 Å². The Labute approximate surface area is 163 Å². The van der Waals surface area contributed by atoms with Crippen LogP contribution in [0.15, 0.2) is 0 Å². The predicted octanol–water partition coefficient (Wildman–Crippen LogP) is 7.13. The zero-order valence-electron chi connectivity index (χ0n) is 13.7. The number of rotatable bonds is 6. The Balaban J connectivity index is 7.75. The van der Waals surface area contributed by atoms with Gasteiger partial charge in [-0.2, -0.15) is 96.6 Å². The van der Waals surface area contributed by atoms with Crippen LogP contribution in [0.25, 0.3) is 0 Å². The molecule has 0 unspecified atom stereocenters. The van der Waals surface area contributed by atoms with Crippen LogP contribution >= 0.6 is 0 Å². The molecule has 200 valence electrons. The lowest BCUT2D eigenvalue weighted by Crippen LogP contribution is -2.77. The molecule has 23 heteroatoms. The molecule has 0 aliphatic rings. The summed E-state index contributed by atoms with van der Waals surface area (Å²) in [5.41, 5.74) is 0. The largest absolute Gasteiger partial charge is 0.459 e. The second-order valence-electron chi connectivity index (χ2n) is 5.58. The first-order valence-corrected chi connectivity index (χ1v) is 6.57. The Morgan fingerprint density at radius 2 is 0.364 bits per heavy atom. The van der Waals surface area contributed by atoms with E-state index in [1.807, 2.05) is 0 Å². The first-order chi connectivity index (χ1) is 13.7. The normalized spacial score (nSPS) is 16.9. The minimum Gasteiger partial charge on any atom is -0.288 e. The third-order valence-electron chi connectivity index (χ3n) is 3.32. The summed E-state index contributed by atoms with van der Waals surface area (Å²) in [6, 6.07) is 0. The van der Waals surface area contributed by atoms with Crippen LogP contribution < -0.4 is 0 Å². The third-order valence-corrected chi connectivity index (χ3v) is 3.32. The van der Waals surface area contributed by atoms with Gasteiger partial charge in [0, 0.05) is 0 Å². The van der Waals surface area contributed by atoms with Crippen LogP contribution in [0.1, 0.15) is 0 Å². The van der Waals surface area contributed by atoms with Gasteiger partial charge in [0.05, 0.1) is 0 Å². The van der Waals surface area contributed by atoms with E-state index in [0.717, 1.165) is 4.74 Å². The maximum atomic E-state index is 13.9. The van der Waals surface area contributed by atoms with E-state index in [-0.39, 0.29) is 0 Å². The molecule has 0 aromatic rings. The van der Waals surface area contributed by atoms with Crippen LogP contribution in [-0.2, 0) is 4.74 Å². The third kappa shape index (κ3) is 4.21. The highest BCUT2D eigenvalue weighted by Gasteiger charge is 2.95. The van der Waals surface area contributed by atoms with Crippen molar-refractivity contribution in [1.29, 1.82) is 0 Å². The molecule has 0 N–H and O–H groups in total. The summed E-state index contributed by atoms with van der Waals surface area (Å²) in [5, 5.41) is 0. The van der Waals surface area contributed by atoms with Gasteiger partial charge in [0.25, 0.3) is 0 Å². The van der Waals surface area contributed by atoms with Crippen LogP contribution in [0.4, 0.5) is 96.6 Å². The van der Waals surface area contributed by atoms with Crippen LogP contribution in [0.2, 0.25) is 0 Å². The van der Waals surface area contributed by atoms with Crippen molar-refractivity contribution in [2.75, 3.05) is 0 Å². The molecule has 0 saturated carbocycles. The van der Waals surface area contributed by atoms with E-state index < -0.39 is 60.1 Å².